The molecule has 2 aliphatic heterocycles. The van der Waals surface area contributed by atoms with E-state index >= 15 is 0 Å². The number of hydrogen-bond acceptors (Lipinski definition) is 5. The Labute approximate surface area is 125 Å². The molecule has 2 saturated heterocycles. The van der Waals surface area contributed by atoms with Crippen molar-refractivity contribution < 1.29 is 4.79 Å². The van der Waals surface area contributed by atoms with Gasteiger partial charge in [0.15, 0.2) is 0 Å². The third-order valence-corrected chi connectivity index (χ3v) is 4.53. The number of carbonyl (C=O) groups is 1. The average Bonchev–Trinajstić information content (AvgIpc) is 2.93. The van der Waals surface area contributed by atoms with Gasteiger partial charge in [-0.25, -0.2) is 4.98 Å². The Morgan fingerprint density at radius 1 is 1.33 bits per heavy atom. The molecule has 21 heavy (non-hydrogen) atoms. The lowest BCUT2D eigenvalue weighted by molar-refractivity contribution is 0.0531. The van der Waals surface area contributed by atoms with E-state index in [9.17, 15) is 4.79 Å². The fraction of sp³-hybridized carbons (Fsp3) is 0.667. The summed E-state index contributed by atoms with van der Waals surface area (Å²) < 4.78 is 0. The normalized spacial score (nSPS) is 29.6. The third kappa shape index (κ3) is 2.91. The molecule has 1 aromatic heterocycles. The first kappa shape index (κ1) is 14.4. The summed E-state index contributed by atoms with van der Waals surface area (Å²) in [6.07, 6.45) is 6.54. The maximum Gasteiger partial charge on any atom is 0.274 e. The number of aryl methyl sites for hydroxylation is 1. The van der Waals surface area contributed by atoms with Gasteiger partial charge >= 0.3 is 0 Å². The van der Waals surface area contributed by atoms with Gasteiger partial charge in [0.05, 0.1) is 11.9 Å². The van der Waals surface area contributed by atoms with Gasteiger partial charge in [0, 0.05) is 31.4 Å². The molecule has 3 atom stereocenters. The van der Waals surface area contributed by atoms with Crippen molar-refractivity contribution in [2.24, 2.45) is 5.92 Å². The van der Waals surface area contributed by atoms with Crippen molar-refractivity contribution in [1.82, 2.24) is 25.7 Å². The number of aromatic nitrogens is 2. The van der Waals surface area contributed by atoms with Gasteiger partial charge in [-0.3, -0.25) is 20.6 Å². The van der Waals surface area contributed by atoms with Gasteiger partial charge in [0.1, 0.15) is 5.69 Å². The lowest BCUT2D eigenvalue weighted by atomic mass is 9.89. The van der Waals surface area contributed by atoms with E-state index in [-0.39, 0.29) is 11.9 Å². The minimum absolute atomic E-state index is 0.00750. The van der Waals surface area contributed by atoms with E-state index in [1.54, 1.807) is 12.4 Å². The number of rotatable bonds is 2. The van der Waals surface area contributed by atoms with Gasteiger partial charge in [-0.05, 0) is 32.1 Å². The van der Waals surface area contributed by atoms with Crippen molar-refractivity contribution in [2.75, 3.05) is 13.1 Å². The molecule has 6 heteroatoms. The van der Waals surface area contributed by atoms with Crippen molar-refractivity contribution in [3.63, 3.8) is 0 Å². The van der Waals surface area contributed by atoms with E-state index in [0.717, 1.165) is 31.6 Å². The van der Waals surface area contributed by atoms with Crippen LogP contribution in [0.4, 0.5) is 0 Å². The molecule has 0 spiro atoms. The summed E-state index contributed by atoms with van der Waals surface area (Å²) in [5.74, 6) is 0.528. The number of nitrogens with zero attached hydrogens (tertiary/aromatic N) is 3. The van der Waals surface area contributed by atoms with Gasteiger partial charge < -0.3 is 4.90 Å². The fourth-order valence-corrected chi connectivity index (χ4v) is 3.32. The smallest absolute Gasteiger partial charge is 0.274 e. The maximum absolute atomic E-state index is 12.8. The van der Waals surface area contributed by atoms with Crippen molar-refractivity contribution in [1.29, 1.82) is 0 Å². The molecule has 1 amide bonds. The van der Waals surface area contributed by atoms with E-state index in [1.165, 1.54) is 6.42 Å². The lowest BCUT2D eigenvalue weighted by Crippen LogP contribution is -2.55. The number of carbonyl (C=O) groups excluding carboxylic acids is 1. The Morgan fingerprint density at radius 2 is 2.19 bits per heavy atom. The van der Waals surface area contributed by atoms with Crippen molar-refractivity contribution in [3.05, 3.63) is 23.8 Å². The molecule has 6 nitrogen and oxygen atoms in total. The van der Waals surface area contributed by atoms with E-state index in [1.807, 2.05) is 11.8 Å². The predicted molar refractivity (Wildman–Crippen MR) is 79.5 cm³/mol. The van der Waals surface area contributed by atoms with Crippen molar-refractivity contribution in [2.45, 2.75) is 45.2 Å². The van der Waals surface area contributed by atoms with Crippen LogP contribution >= 0.6 is 0 Å². The Kier molecular flexibility index (Phi) is 4.17. The highest BCUT2D eigenvalue weighted by molar-refractivity contribution is 5.92. The molecule has 3 heterocycles. The zero-order valence-electron chi connectivity index (χ0n) is 12.7. The summed E-state index contributed by atoms with van der Waals surface area (Å²) in [5, 5.41) is 0. The van der Waals surface area contributed by atoms with Crippen LogP contribution in [0.15, 0.2) is 12.4 Å². The molecule has 3 rings (SSSR count). The Morgan fingerprint density at radius 3 is 2.86 bits per heavy atom. The van der Waals surface area contributed by atoms with Crippen LogP contribution < -0.4 is 10.9 Å². The number of hydrogen-bond donors (Lipinski definition) is 2. The molecule has 2 N–H and O–H groups in total. The van der Waals surface area contributed by atoms with Crippen LogP contribution in [0, 0.1) is 12.8 Å². The first-order valence-electron chi connectivity index (χ1n) is 7.75. The number of amides is 1. The first-order valence-corrected chi connectivity index (χ1v) is 7.75. The standard InChI is InChI=1S/C15H23N5O/c1-10-7-18-19-14(10)13-5-3-4-6-20(13)15(21)12-9-16-11(2)8-17-12/h8-10,13-14,18-19H,3-7H2,1-2H3. The largest absolute Gasteiger partial charge is 0.333 e. The molecule has 0 saturated carbocycles. The molecule has 0 aromatic carbocycles. The third-order valence-electron chi connectivity index (χ3n) is 4.53. The van der Waals surface area contributed by atoms with E-state index in [0.29, 0.717) is 17.7 Å². The summed E-state index contributed by atoms with van der Waals surface area (Å²) >= 11 is 0. The monoisotopic (exact) mass is 289 g/mol. The van der Waals surface area contributed by atoms with Gasteiger partial charge in [0.2, 0.25) is 0 Å². The predicted octanol–water partition coefficient (Wildman–Crippen LogP) is 0.892. The first-order chi connectivity index (χ1) is 10.2. The second-order valence-corrected chi connectivity index (χ2v) is 6.13. The molecule has 3 unspecified atom stereocenters. The Bertz CT molecular complexity index is 503. The summed E-state index contributed by atoms with van der Waals surface area (Å²) in [5.41, 5.74) is 7.83. The highest BCUT2D eigenvalue weighted by Crippen LogP contribution is 2.26. The second kappa shape index (κ2) is 6.07. The van der Waals surface area contributed by atoms with Gasteiger partial charge in [0.25, 0.3) is 5.91 Å². The zero-order valence-corrected chi connectivity index (χ0v) is 12.7. The van der Waals surface area contributed by atoms with Crippen LogP contribution in [-0.4, -0.2) is 45.9 Å². The molecule has 2 fully saturated rings. The molecular formula is C15H23N5O. The van der Waals surface area contributed by atoms with Gasteiger partial charge in [-0.2, -0.15) is 0 Å². The zero-order chi connectivity index (χ0) is 14.8. The molecule has 0 bridgehead atoms. The SMILES string of the molecule is Cc1cnc(C(=O)N2CCCCC2C2NNCC2C)cn1. The fourth-order valence-electron chi connectivity index (χ4n) is 3.32. The highest BCUT2D eigenvalue weighted by atomic mass is 16.2. The quantitative estimate of drug-likeness (QED) is 0.846. The van der Waals surface area contributed by atoms with E-state index in [2.05, 4.69) is 27.7 Å². The molecule has 0 radical (unpaired) electrons. The Hall–Kier alpha value is -1.53. The minimum atomic E-state index is 0.00750. The highest BCUT2D eigenvalue weighted by Gasteiger charge is 2.38. The van der Waals surface area contributed by atoms with Crippen LogP contribution in [0.3, 0.4) is 0 Å². The maximum atomic E-state index is 12.8. The van der Waals surface area contributed by atoms with Crippen molar-refractivity contribution in [3.8, 4) is 0 Å². The molecule has 1 aromatic rings. The van der Waals surface area contributed by atoms with Crippen LogP contribution in [0.1, 0.15) is 42.4 Å². The summed E-state index contributed by atoms with van der Waals surface area (Å²) in [4.78, 5) is 23.2. The lowest BCUT2D eigenvalue weighted by Gasteiger charge is -2.40. The van der Waals surface area contributed by atoms with Crippen LogP contribution in [0.2, 0.25) is 0 Å². The molecular weight excluding hydrogens is 266 g/mol. The number of likely N-dealkylation sites (tertiary alicyclic amines) is 1. The Balaban J connectivity index is 1.80. The molecule has 2 aliphatic rings. The summed E-state index contributed by atoms with van der Waals surface area (Å²) in [6.45, 7) is 5.86. The van der Waals surface area contributed by atoms with E-state index in [4.69, 9.17) is 0 Å². The van der Waals surface area contributed by atoms with Crippen LogP contribution in [0.5, 0.6) is 0 Å². The average molecular weight is 289 g/mol. The molecule has 0 aliphatic carbocycles. The van der Waals surface area contributed by atoms with Gasteiger partial charge in [-0.1, -0.05) is 6.92 Å². The number of nitrogens with one attached hydrogen (secondary N) is 2. The minimum Gasteiger partial charge on any atom is -0.333 e. The van der Waals surface area contributed by atoms with Crippen LogP contribution in [0.25, 0.3) is 0 Å². The number of hydrazine groups is 1. The summed E-state index contributed by atoms with van der Waals surface area (Å²) in [6, 6.07) is 0.548. The van der Waals surface area contributed by atoms with Crippen LogP contribution in [-0.2, 0) is 0 Å². The number of piperidine rings is 1. The second-order valence-electron chi connectivity index (χ2n) is 6.13. The molecule has 114 valence electrons. The topological polar surface area (TPSA) is 70.2 Å². The summed E-state index contributed by atoms with van der Waals surface area (Å²) in [7, 11) is 0. The van der Waals surface area contributed by atoms with E-state index < -0.39 is 0 Å². The van der Waals surface area contributed by atoms with Crippen molar-refractivity contribution >= 4 is 5.91 Å². The van der Waals surface area contributed by atoms with Gasteiger partial charge in [-0.15, -0.1) is 0 Å².